The first-order chi connectivity index (χ1) is 14.4. The Hall–Kier alpha value is -2.71. The Bertz CT molecular complexity index is 997. The molecule has 0 aromatic heterocycles. The first-order valence-electron chi connectivity index (χ1n) is 10.2. The molecular formula is C22H27N3O4S. The fourth-order valence-corrected chi connectivity index (χ4v) is 4.48. The Balaban J connectivity index is 1.61. The lowest BCUT2D eigenvalue weighted by Gasteiger charge is -2.26. The summed E-state index contributed by atoms with van der Waals surface area (Å²) in [6.45, 7) is 3.86. The molecule has 1 heterocycles. The summed E-state index contributed by atoms with van der Waals surface area (Å²) in [4.78, 5) is 27.1. The molecule has 2 N–H and O–H groups in total. The van der Waals surface area contributed by atoms with Crippen molar-refractivity contribution < 1.29 is 18.0 Å². The molecule has 0 saturated carbocycles. The molecule has 0 bridgehead atoms. The van der Waals surface area contributed by atoms with E-state index in [9.17, 15) is 18.0 Å². The maximum atomic E-state index is 12.7. The number of sulfonamides is 1. The summed E-state index contributed by atoms with van der Waals surface area (Å²) in [5.74, 6) is -0.282. The molecule has 0 atom stereocenters. The van der Waals surface area contributed by atoms with Crippen LogP contribution in [-0.2, 0) is 16.6 Å². The largest absolute Gasteiger partial charge is 0.348 e. The molecule has 1 saturated heterocycles. The molecule has 0 radical (unpaired) electrons. The number of hydrogen-bond donors (Lipinski definition) is 2. The molecule has 3 rings (SSSR count). The van der Waals surface area contributed by atoms with Crippen molar-refractivity contribution in [1.29, 1.82) is 0 Å². The number of carbonyl (C=O) groups is 2. The van der Waals surface area contributed by atoms with Gasteiger partial charge in [-0.2, -0.15) is 0 Å². The molecule has 0 spiro atoms. The number of likely N-dealkylation sites (tertiary alicyclic amines) is 1. The second kappa shape index (κ2) is 9.86. The number of benzene rings is 2. The minimum atomic E-state index is -3.55. The predicted molar refractivity (Wildman–Crippen MR) is 115 cm³/mol. The summed E-state index contributed by atoms with van der Waals surface area (Å²) >= 11 is 0. The van der Waals surface area contributed by atoms with Gasteiger partial charge in [-0.25, -0.2) is 13.1 Å². The number of carbonyl (C=O) groups excluding carboxylic acids is 2. The third-order valence-corrected chi connectivity index (χ3v) is 6.59. The smallest absolute Gasteiger partial charge is 0.253 e. The minimum absolute atomic E-state index is 0.0281. The van der Waals surface area contributed by atoms with Crippen molar-refractivity contribution >= 4 is 21.8 Å². The first kappa shape index (κ1) is 22.0. The van der Waals surface area contributed by atoms with Gasteiger partial charge in [-0.05, 0) is 61.2 Å². The van der Waals surface area contributed by atoms with Crippen LogP contribution in [0.1, 0.15) is 52.5 Å². The van der Waals surface area contributed by atoms with Crippen LogP contribution in [0.25, 0.3) is 0 Å². The summed E-state index contributed by atoms with van der Waals surface area (Å²) in [5, 5.41) is 2.82. The van der Waals surface area contributed by atoms with Crippen LogP contribution < -0.4 is 10.0 Å². The summed E-state index contributed by atoms with van der Waals surface area (Å²) < 4.78 is 26.4. The SMILES string of the molecule is CCNS(=O)(=O)c1ccc(C(=O)NCc2cccc(C(=O)N3CCCCC3)c2)cc1. The highest BCUT2D eigenvalue weighted by Gasteiger charge is 2.18. The number of nitrogens with one attached hydrogen (secondary N) is 2. The van der Waals surface area contributed by atoms with E-state index in [2.05, 4.69) is 10.0 Å². The van der Waals surface area contributed by atoms with Crippen molar-refractivity contribution in [3.8, 4) is 0 Å². The average molecular weight is 430 g/mol. The van der Waals surface area contributed by atoms with E-state index in [0.717, 1.165) is 37.9 Å². The molecule has 7 nitrogen and oxygen atoms in total. The molecular weight excluding hydrogens is 402 g/mol. The number of rotatable bonds is 7. The third-order valence-electron chi connectivity index (χ3n) is 5.03. The van der Waals surface area contributed by atoms with Crippen molar-refractivity contribution in [2.24, 2.45) is 0 Å². The van der Waals surface area contributed by atoms with Crippen LogP contribution in [0.3, 0.4) is 0 Å². The molecule has 2 aromatic carbocycles. The van der Waals surface area contributed by atoms with Gasteiger partial charge in [-0.3, -0.25) is 9.59 Å². The van der Waals surface area contributed by atoms with E-state index >= 15 is 0 Å². The molecule has 160 valence electrons. The Kier molecular flexibility index (Phi) is 7.23. The van der Waals surface area contributed by atoms with E-state index in [-0.39, 0.29) is 23.3 Å². The van der Waals surface area contributed by atoms with E-state index in [1.165, 1.54) is 24.3 Å². The molecule has 2 aromatic rings. The Morgan fingerprint density at radius 2 is 1.67 bits per heavy atom. The Labute approximate surface area is 177 Å². The zero-order chi connectivity index (χ0) is 21.6. The number of piperidine rings is 1. The quantitative estimate of drug-likeness (QED) is 0.707. The van der Waals surface area contributed by atoms with Crippen LogP contribution in [0, 0.1) is 0 Å². The maximum Gasteiger partial charge on any atom is 0.253 e. The van der Waals surface area contributed by atoms with Crippen molar-refractivity contribution in [2.75, 3.05) is 19.6 Å². The Morgan fingerprint density at radius 3 is 2.33 bits per heavy atom. The van der Waals surface area contributed by atoms with Gasteiger partial charge in [0.25, 0.3) is 11.8 Å². The molecule has 30 heavy (non-hydrogen) atoms. The van der Waals surface area contributed by atoms with Gasteiger partial charge in [0.05, 0.1) is 4.90 Å². The van der Waals surface area contributed by atoms with Gasteiger partial charge in [-0.1, -0.05) is 19.1 Å². The lowest BCUT2D eigenvalue weighted by molar-refractivity contribution is 0.0724. The highest BCUT2D eigenvalue weighted by molar-refractivity contribution is 7.89. The van der Waals surface area contributed by atoms with Crippen LogP contribution in [0.5, 0.6) is 0 Å². The summed E-state index contributed by atoms with van der Waals surface area (Å²) in [7, 11) is -3.55. The van der Waals surface area contributed by atoms with Crippen molar-refractivity contribution in [3.05, 3.63) is 65.2 Å². The normalized spacial score (nSPS) is 14.4. The molecule has 1 fully saturated rings. The van der Waals surface area contributed by atoms with E-state index in [0.29, 0.717) is 17.7 Å². The fourth-order valence-electron chi connectivity index (χ4n) is 3.44. The van der Waals surface area contributed by atoms with Crippen LogP contribution in [0.4, 0.5) is 0 Å². The second-order valence-corrected chi connectivity index (χ2v) is 9.03. The molecule has 2 amide bonds. The zero-order valence-corrected chi connectivity index (χ0v) is 17.9. The van der Waals surface area contributed by atoms with Crippen molar-refractivity contribution in [1.82, 2.24) is 14.9 Å². The second-order valence-electron chi connectivity index (χ2n) is 7.26. The van der Waals surface area contributed by atoms with Crippen LogP contribution in [0.2, 0.25) is 0 Å². The average Bonchev–Trinajstić information content (AvgIpc) is 2.78. The minimum Gasteiger partial charge on any atom is -0.348 e. The first-order valence-corrected chi connectivity index (χ1v) is 11.6. The third kappa shape index (κ3) is 5.46. The molecule has 0 aliphatic carbocycles. The molecule has 1 aliphatic heterocycles. The van der Waals surface area contributed by atoms with Gasteiger partial charge >= 0.3 is 0 Å². The van der Waals surface area contributed by atoms with E-state index in [1.807, 2.05) is 23.1 Å². The lowest BCUT2D eigenvalue weighted by Crippen LogP contribution is -2.35. The summed E-state index contributed by atoms with van der Waals surface area (Å²) in [6, 6.07) is 13.1. The number of nitrogens with zero attached hydrogens (tertiary/aromatic N) is 1. The van der Waals surface area contributed by atoms with Gasteiger partial charge in [0.15, 0.2) is 0 Å². The van der Waals surface area contributed by atoms with Gasteiger partial charge in [-0.15, -0.1) is 0 Å². The van der Waals surface area contributed by atoms with Crippen molar-refractivity contribution in [2.45, 2.75) is 37.6 Å². The zero-order valence-electron chi connectivity index (χ0n) is 17.1. The van der Waals surface area contributed by atoms with Gasteiger partial charge in [0, 0.05) is 37.3 Å². The van der Waals surface area contributed by atoms with Gasteiger partial charge in [0.1, 0.15) is 0 Å². The van der Waals surface area contributed by atoms with E-state index < -0.39 is 10.0 Å². The van der Waals surface area contributed by atoms with E-state index in [1.54, 1.807) is 13.0 Å². The lowest BCUT2D eigenvalue weighted by atomic mass is 10.1. The molecule has 8 heteroatoms. The van der Waals surface area contributed by atoms with Crippen LogP contribution in [-0.4, -0.2) is 44.8 Å². The maximum absolute atomic E-state index is 12.7. The standard InChI is InChI=1S/C22H27N3O4S/c1-2-24-30(28,29)20-11-9-18(10-12-20)21(26)23-16-17-7-6-8-19(15-17)22(27)25-13-4-3-5-14-25/h6-12,15,24H,2-5,13-14,16H2,1H3,(H,23,26). The highest BCUT2D eigenvalue weighted by Crippen LogP contribution is 2.15. The van der Waals surface area contributed by atoms with Gasteiger partial charge < -0.3 is 10.2 Å². The van der Waals surface area contributed by atoms with E-state index in [4.69, 9.17) is 0 Å². The molecule has 1 aliphatic rings. The number of amides is 2. The highest BCUT2D eigenvalue weighted by atomic mass is 32.2. The number of hydrogen-bond acceptors (Lipinski definition) is 4. The summed E-state index contributed by atoms with van der Waals surface area (Å²) in [5.41, 5.74) is 1.82. The van der Waals surface area contributed by atoms with Crippen molar-refractivity contribution in [3.63, 3.8) is 0 Å². The predicted octanol–water partition coefficient (Wildman–Crippen LogP) is 2.54. The van der Waals surface area contributed by atoms with Gasteiger partial charge in [0.2, 0.25) is 10.0 Å². The monoisotopic (exact) mass is 429 g/mol. The fraction of sp³-hybridized carbons (Fsp3) is 0.364. The Morgan fingerprint density at radius 1 is 0.967 bits per heavy atom. The van der Waals surface area contributed by atoms with Crippen LogP contribution >= 0.6 is 0 Å². The molecule has 0 unspecified atom stereocenters. The van der Waals surface area contributed by atoms with Crippen LogP contribution in [0.15, 0.2) is 53.4 Å². The summed E-state index contributed by atoms with van der Waals surface area (Å²) in [6.07, 6.45) is 3.24. The topological polar surface area (TPSA) is 95.6 Å².